The first-order valence-electron chi connectivity index (χ1n) is 6.44. The summed E-state index contributed by atoms with van der Waals surface area (Å²) in [6.45, 7) is 0.749. The summed E-state index contributed by atoms with van der Waals surface area (Å²) in [6, 6.07) is 0.262. The molecule has 2 unspecified atom stereocenters. The Hall–Kier alpha value is -1.08. The Kier molecular flexibility index (Phi) is 3.49. The highest BCUT2D eigenvalue weighted by molar-refractivity contribution is 7.99. The van der Waals surface area contributed by atoms with Crippen LogP contribution in [0, 0.1) is 0 Å². The average molecular weight is 283 g/mol. The Morgan fingerprint density at radius 3 is 3.32 bits per heavy atom. The number of carbonyl (C=O) groups excluding carboxylic acids is 1. The minimum absolute atomic E-state index is 0.00492. The molecule has 2 saturated heterocycles. The fourth-order valence-corrected chi connectivity index (χ4v) is 4.12. The molecule has 0 amide bonds. The number of rotatable bonds is 2. The number of ether oxygens (including phenoxy) is 2. The van der Waals surface area contributed by atoms with Crippen molar-refractivity contribution in [1.29, 1.82) is 0 Å². The fraction of sp³-hybridized carbons (Fsp3) is 0.750. The zero-order chi connectivity index (χ0) is 13.3. The molecule has 0 bridgehead atoms. The number of methoxy groups -OCH3 is 1. The van der Waals surface area contributed by atoms with Crippen molar-refractivity contribution in [1.82, 2.24) is 15.0 Å². The lowest BCUT2D eigenvalue weighted by Gasteiger charge is -2.37. The van der Waals surface area contributed by atoms with Gasteiger partial charge in [-0.15, -0.1) is 5.10 Å². The molecule has 1 aromatic heterocycles. The molecular formula is C12H17N3O3S. The highest BCUT2D eigenvalue weighted by atomic mass is 32.2. The van der Waals surface area contributed by atoms with E-state index < -0.39 is 5.97 Å². The van der Waals surface area contributed by atoms with E-state index in [1.54, 1.807) is 10.9 Å². The van der Waals surface area contributed by atoms with Crippen LogP contribution in [0.1, 0.15) is 35.8 Å². The lowest BCUT2D eigenvalue weighted by Crippen LogP contribution is -2.40. The largest absolute Gasteiger partial charge is 0.464 e. The molecule has 1 spiro atoms. The summed E-state index contributed by atoms with van der Waals surface area (Å²) in [7, 11) is 1.35. The van der Waals surface area contributed by atoms with Crippen LogP contribution in [-0.2, 0) is 9.47 Å². The van der Waals surface area contributed by atoms with E-state index in [4.69, 9.17) is 4.74 Å². The Bertz CT molecular complexity index is 471. The van der Waals surface area contributed by atoms with Gasteiger partial charge >= 0.3 is 5.97 Å². The summed E-state index contributed by atoms with van der Waals surface area (Å²) in [6.07, 6.45) is 4.64. The van der Waals surface area contributed by atoms with Crippen molar-refractivity contribution < 1.29 is 14.3 Å². The first-order chi connectivity index (χ1) is 9.22. The minimum atomic E-state index is -0.440. The molecule has 0 N–H and O–H groups in total. The van der Waals surface area contributed by atoms with Gasteiger partial charge in [0.15, 0.2) is 5.69 Å². The lowest BCUT2D eigenvalue weighted by molar-refractivity contribution is -0.0780. The average Bonchev–Trinajstić information content (AvgIpc) is 3.08. The predicted molar refractivity (Wildman–Crippen MR) is 70.3 cm³/mol. The van der Waals surface area contributed by atoms with Gasteiger partial charge in [-0.3, -0.25) is 0 Å². The first kappa shape index (κ1) is 12.9. The van der Waals surface area contributed by atoms with E-state index >= 15 is 0 Å². The van der Waals surface area contributed by atoms with Gasteiger partial charge in [0.1, 0.15) is 0 Å². The van der Waals surface area contributed by atoms with Crippen LogP contribution in [0.15, 0.2) is 6.20 Å². The van der Waals surface area contributed by atoms with Crippen LogP contribution in [0.25, 0.3) is 0 Å². The van der Waals surface area contributed by atoms with Crippen LogP contribution in [0.2, 0.25) is 0 Å². The third kappa shape index (κ3) is 2.49. The topological polar surface area (TPSA) is 66.2 Å². The number of esters is 1. The smallest absolute Gasteiger partial charge is 0.360 e. The van der Waals surface area contributed by atoms with E-state index in [-0.39, 0.29) is 17.3 Å². The first-order valence-corrected chi connectivity index (χ1v) is 7.60. The summed E-state index contributed by atoms with van der Waals surface area (Å²) >= 11 is 1.95. The number of aromatic nitrogens is 3. The molecule has 1 aromatic rings. The van der Waals surface area contributed by atoms with Gasteiger partial charge in [-0.25, -0.2) is 9.48 Å². The van der Waals surface area contributed by atoms with Crippen LogP contribution in [0.3, 0.4) is 0 Å². The minimum Gasteiger partial charge on any atom is -0.464 e. The summed E-state index contributed by atoms with van der Waals surface area (Å²) in [5.41, 5.74) is 0.272. The second-order valence-electron chi connectivity index (χ2n) is 5.06. The molecule has 6 nitrogen and oxygen atoms in total. The van der Waals surface area contributed by atoms with E-state index in [1.807, 2.05) is 11.8 Å². The number of nitrogens with zero attached hydrogens (tertiary/aromatic N) is 3. The Morgan fingerprint density at radius 1 is 1.68 bits per heavy atom. The molecule has 19 heavy (non-hydrogen) atoms. The van der Waals surface area contributed by atoms with E-state index in [0.29, 0.717) is 0 Å². The quantitative estimate of drug-likeness (QED) is 0.762. The molecule has 0 radical (unpaired) electrons. The van der Waals surface area contributed by atoms with Crippen molar-refractivity contribution >= 4 is 17.7 Å². The summed E-state index contributed by atoms with van der Waals surface area (Å²) in [5.74, 6) is 1.78. The van der Waals surface area contributed by atoms with Gasteiger partial charge in [0.25, 0.3) is 0 Å². The second-order valence-corrected chi connectivity index (χ2v) is 6.16. The van der Waals surface area contributed by atoms with Crippen LogP contribution in [-0.4, -0.2) is 51.8 Å². The van der Waals surface area contributed by atoms with Crippen LogP contribution in [0.5, 0.6) is 0 Å². The van der Waals surface area contributed by atoms with Crippen molar-refractivity contribution in [2.24, 2.45) is 0 Å². The Labute approximate surface area is 115 Å². The number of thioether (sulfide) groups is 1. The lowest BCUT2D eigenvalue weighted by atomic mass is 9.90. The van der Waals surface area contributed by atoms with Crippen molar-refractivity contribution in [3.05, 3.63) is 11.9 Å². The predicted octanol–water partition coefficient (Wildman–Crippen LogP) is 1.29. The zero-order valence-corrected chi connectivity index (χ0v) is 11.7. The molecule has 2 aliphatic rings. The molecule has 3 heterocycles. The van der Waals surface area contributed by atoms with Crippen molar-refractivity contribution in [3.63, 3.8) is 0 Å². The normalized spacial score (nSPS) is 30.7. The molecule has 2 fully saturated rings. The SMILES string of the molecule is COC(=O)c1cn(C2CCOC3(CCSC3)C2)nn1. The third-order valence-corrected chi connectivity index (χ3v) is 5.04. The van der Waals surface area contributed by atoms with E-state index in [2.05, 4.69) is 15.0 Å². The van der Waals surface area contributed by atoms with Gasteiger partial charge in [-0.05, 0) is 25.0 Å². The standard InChI is InChI=1S/C12H17N3O3S/c1-17-11(16)10-7-15(14-13-10)9-2-4-18-12(6-9)3-5-19-8-12/h7,9H,2-6,8H2,1H3. The molecule has 3 rings (SSSR count). The highest BCUT2D eigenvalue weighted by Gasteiger charge is 2.41. The maximum atomic E-state index is 11.4. The van der Waals surface area contributed by atoms with E-state index in [1.165, 1.54) is 7.11 Å². The number of hydrogen-bond donors (Lipinski definition) is 0. The van der Waals surface area contributed by atoms with Gasteiger partial charge < -0.3 is 9.47 Å². The van der Waals surface area contributed by atoms with E-state index in [0.717, 1.165) is 37.4 Å². The maximum absolute atomic E-state index is 11.4. The van der Waals surface area contributed by atoms with Crippen LogP contribution >= 0.6 is 11.8 Å². The number of carbonyl (C=O) groups is 1. The Balaban J connectivity index is 1.74. The highest BCUT2D eigenvalue weighted by Crippen LogP contribution is 2.41. The van der Waals surface area contributed by atoms with E-state index in [9.17, 15) is 4.79 Å². The molecule has 2 atom stereocenters. The molecule has 104 valence electrons. The van der Waals surface area contributed by atoms with Gasteiger partial charge in [0.05, 0.1) is 24.9 Å². The molecule has 7 heteroatoms. The van der Waals surface area contributed by atoms with Crippen molar-refractivity contribution in [2.45, 2.75) is 30.9 Å². The van der Waals surface area contributed by atoms with Gasteiger partial charge in [0, 0.05) is 12.4 Å². The van der Waals surface area contributed by atoms with Gasteiger partial charge in [-0.1, -0.05) is 5.21 Å². The van der Waals surface area contributed by atoms with Crippen LogP contribution in [0.4, 0.5) is 0 Å². The van der Waals surface area contributed by atoms with Crippen molar-refractivity contribution in [2.75, 3.05) is 25.2 Å². The fourth-order valence-electron chi connectivity index (χ4n) is 2.74. The maximum Gasteiger partial charge on any atom is 0.360 e. The molecule has 2 aliphatic heterocycles. The molecule has 0 aromatic carbocycles. The Morgan fingerprint density at radius 2 is 2.58 bits per heavy atom. The molecule has 0 aliphatic carbocycles. The summed E-state index contributed by atoms with van der Waals surface area (Å²) in [5, 5.41) is 7.94. The third-order valence-electron chi connectivity index (χ3n) is 3.81. The molecule has 0 saturated carbocycles. The summed E-state index contributed by atoms with van der Waals surface area (Å²) < 4.78 is 12.4. The van der Waals surface area contributed by atoms with Crippen LogP contribution < -0.4 is 0 Å². The molecular weight excluding hydrogens is 266 g/mol. The second kappa shape index (κ2) is 5.13. The zero-order valence-electron chi connectivity index (χ0n) is 10.9. The summed E-state index contributed by atoms with van der Waals surface area (Å²) in [4.78, 5) is 11.4. The van der Waals surface area contributed by atoms with Gasteiger partial charge in [-0.2, -0.15) is 11.8 Å². The van der Waals surface area contributed by atoms with Gasteiger partial charge in [0.2, 0.25) is 0 Å². The van der Waals surface area contributed by atoms with Crippen molar-refractivity contribution in [3.8, 4) is 0 Å². The monoisotopic (exact) mass is 283 g/mol. The number of hydrogen-bond acceptors (Lipinski definition) is 6.